The van der Waals surface area contributed by atoms with Crippen LogP contribution in [-0.4, -0.2) is 53.1 Å². The van der Waals surface area contributed by atoms with Crippen LogP contribution in [0.3, 0.4) is 0 Å². The highest BCUT2D eigenvalue weighted by Crippen LogP contribution is 2.29. The van der Waals surface area contributed by atoms with Gasteiger partial charge in [-0.05, 0) is 31.3 Å². The van der Waals surface area contributed by atoms with Gasteiger partial charge < -0.3 is 15.3 Å². The second-order valence-corrected chi connectivity index (χ2v) is 6.21. The number of hydrogen-bond acceptors (Lipinski definition) is 3. The van der Waals surface area contributed by atoms with Gasteiger partial charge in [0.1, 0.15) is 0 Å². The number of carbonyl (C=O) groups excluding carboxylic acids is 1. The van der Waals surface area contributed by atoms with Crippen molar-refractivity contribution in [2.45, 2.75) is 26.7 Å². The van der Waals surface area contributed by atoms with Crippen molar-refractivity contribution >= 4 is 23.8 Å². The molecule has 0 aromatic heterocycles. The number of likely N-dealkylation sites (tertiary alicyclic amines) is 1. The first kappa shape index (κ1) is 15.1. The molecule has 1 saturated heterocycles. The van der Waals surface area contributed by atoms with E-state index in [9.17, 15) is 9.59 Å². The molecule has 1 aliphatic heterocycles. The molecular weight excluding hydrogens is 252 g/mol. The van der Waals surface area contributed by atoms with Gasteiger partial charge in [0.25, 0.3) is 0 Å². The molecule has 2 amide bonds. The topological polar surface area (TPSA) is 69.6 Å². The van der Waals surface area contributed by atoms with Crippen LogP contribution in [0, 0.1) is 5.41 Å². The second kappa shape index (κ2) is 6.87. The number of rotatable bonds is 6. The van der Waals surface area contributed by atoms with Crippen molar-refractivity contribution in [3.05, 3.63) is 0 Å². The number of carboxylic acids is 1. The van der Waals surface area contributed by atoms with Gasteiger partial charge in [-0.1, -0.05) is 6.92 Å². The third-order valence-corrected chi connectivity index (χ3v) is 4.21. The van der Waals surface area contributed by atoms with Gasteiger partial charge in [-0.2, -0.15) is 11.8 Å². The molecule has 1 fully saturated rings. The van der Waals surface area contributed by atoms with Crippen molar-refractivity contribution in [2.75, 3.05) is 31.1 Å². The second-order valence-electron chi connectivity index (χ2n) is 4.82. The highest BCUT2D eigenvalue weighted by molar-refractivity contribution is 7.99. The summed E-state index contributed by atoms with van der Waals surface area (Å²) in [5, 5.41) is 11.9. The van der Waals surface area contributed by atoms with Crippen molar-refractivity contribution in [1.29, 1.82) is 0 Å². The van der Waals surface area contributed by atoms with Crippen LogP contribution in [0.4, 0.5) is 4.79 Å². The van der Waals surface area contributed by atoms with Crippen LogP contribution >= 0.6 is 11.8 Å². The maximum atomic E-state index is 11.8. The molecule has 0 spiro atoms. The zero-order valence-corrected chi connectivity index (χ0v) is 11.9. The lowest BCUT2D eigenvalue weighted by Crippen LogP contribution is -2.41. The van der Waals surface area contributed by atoms with Crippen LogP contribution in [0.2, 0.25) is 0 Å². The molecule has 0 bridgehead atoms. The highest BCUT2D eigenvalue weighted by Gasteiger charge is 2.41. The quantitative estimate of drug-likeness (QED) is 0.722. The van der Waals surface area contributed by atoms with Gasteiger partial charge in [0.15, 0.2) is 0 Å². The molecule has 0 aliphatic carbocycles. The summed E-state index contributed by atoms with van der Waals surface area (Å²) >= 11 is 1.85. The van der Waals surface area contributed by atoms with Crippen LogP contribution in [0.15, 0.2) is 0 Å². The summed E-state index contributed by atoms with van der Waals surface area (Å²) in [4.78, 5) is 24.5. The summed E-state index contributed by atoms with van der Waals surface area (Å²) in [6.07, 6.45) is 1.48. The third-order valence-electron chi connectivity index (χ3n) is 3.22. The number of hydrogen-bond donors (Lipinski definition) is 2. The molecule has 2 N–H and O–H groups in total. The largest absolute Gasteiger partial charge is 0.481 e. The van der Waals surface area contributed by atoms with E-state index in [1.807, 2.05) is 11.8 Å². The summed E-state index contributed by atoms with van der Waals surface area (Å²) < 4.78 is 0. The minimum absolute atomic E-state index is 0.138. The average Bonchev–Trinajstić information content (AvgIpc) is 2.73. The van der Waals surface area contributed by atoms with Gasteiger partial charge in [0.2, 0.25) is 0 Å². The smallest absolute Gasteiger partial charge is 0.317 e. The van der Waals surface area contributed by atoms with Crippen LogP contribution in [0.1, 0.15) is 26.7 Å². The molecule has 1 rings (SSSR count). The lowest BCUT2D eigenvalue weighted by atomic mass is 9.90. The number of nitrogens with zero attached hydrogens (tertiary/aromatic N) is 1. The fourth-order valence-corrected chi connectivity index (χ4v) is 2.57. The number of urea groups is 1. The first-order valence-electron chi connectivity index (χ1n) is 6.33. The minimum atomic E-state index is -0.822. The number of nitrogens with one attached hydrogen (secondary N) is 1. The van der Waals surface area contributed by atoms with Crippen molar-refractivity contribution in [2.24, 2.45) is 5.41 Å². The number of carbonyl (C=O) groups is 2. The molecular formula is C12H22N2O3S. The van der Waals surface area contributed by atoms with Crippen LogP contribution in [0.25, 0.3) is 0 Å². The van der Waals surface area contributed by atoms with Crippen molar-refractivity contribution in [3.63, 3.8) is 0 Å². The molecule has 1 aliphatic rings. The fraction of sp³-hybridized carbons (Fsp3) is 0.833. The zero-order chi connectivity index (χ0) is 13.6. The standard InChI is InChI=1S/C12H22N2O3S/c1-3-18-8-4-6-13-11(17)14-7-5-12(2,9-14)10(15)16/h3-9H2,1-2H3,(H,13,17)(H,15,16). The molecule has 5 nitrogen and oxygen atoms in total. The predicted molar refractivity (Wildman–Crippen MR) is 72.9 cm³/mol. The Morgan fingerprint density at radius 3 is 2.78 bits per heavy atom. The molecule has 0 aromatic rings. The summed E-state index contributed by atoms with van der Waals surface area (Å²) in [6.45, 7) is 5.29. The fourth-order valence-electron chi connectivity index (χ4n) is 1.93. The Morgan fingerprint density at radius 2 is 2.22 bits per heavy atom. The van der Waals surface area contributed by atoms with E-state index in [1.54, 1.807) is 11.8 Å². The third kappa shape index (κ3) is 4.08. The van der Waals surface area contributed by atoms with Crippen molar-refractivity contribution in [3.8, 4) is 0 Å². The van der Waals surface area contributed by atoms with Crippen LogP contribution in [-0.2, 0) is 4.79 Å². The molecule has 1 atom stereocenters. The highest BCUT2D eigenvalue weighted by atomic mass is 32.2. The number of thioether (sulfide) groups is 1. The molecule has 18 heavy (non-hydrogen) atoms. The molecule has 0 aromatic carbocycles. The minimum Gasteiger partial charge on any atom is -0.481 e. The molecule has 0 saturated carbocycles. The Morgan fingerprint density at radius 1 is 1.50 bits per heavy atom. The zero-order valence-electron chi connectivity index (χ0n) is 11.1. The number of carboxylic acid groups (broad SMARTS) is 1. The van der Waals surface area contributed by atoms with Crippen molar-refractivity contribution in [1.82, 2.24) is 10.2 Å². The predicted octanol–water partition coefficient (Wildman–Crippen LogP) is 1.64. The summed E-state index contributed by atoms with van der Waals surface area (Å²) in [6, 6.07) is -0.138. The van der Waals surface area contributed by atoms with Gasteiger partial charge in [-0.25, -0.2) is 4.79 Å². The Labute approximate surface area is 112 Å². The monoisotopic (exact) mass is 274 g/mol. The van der Waals surface area contributed by atoms with Crippen LogP contribution < -0.4 is 5.32 Å². The average molecular weight is 274 g/mol. The maximum Gasteiger partial charge on any atom is 0.317 e. The van der Waals surface area contributed by atoms with E-state index in [2.05, 4.69) is 12.2 Å². The van der Waals surface area contributed by atoms with Crippen LogP contribution in [0.5, 0.6) is 0 Å². The summed E-state index contributed by atoms with van der Waals surface area (Å²) in [5.41, 5.74) is -0.782. The summed E-state index contributed by atoms with van der Waals surface area (Å²) in [5.74, 6) is 1.32. The molecule has 6 heteroatoms. The Bertz CT molecular complexity index is 312. The number of amides is 2. The lowest BCUT2D eigenvalue weighted by Gasteiger charge is -2.20. The first-order valence-corrected chi connectivity index (χ1v) is 7.49. The Balaban J connectivity index is 2.26. The SMILES string of the molecule is CCSCCCNC(=O)N1CCC(C)(C(=O)O)C1. The van der Waals surface area contributed by atoms with Gasteiger partial charge in [0, 0.05) is 19.6 Å². The van der Waals surface area contributed by atoms with Gasteiger partial charge in [-0.3, -0.25) is 4.79 Å². The van der Waals surface area contributed by atoms with E-state index in [0.717, 1.165) is 17.9 Å². The molecule has 1 heterocycles. The van der Waals surface area contributed by atoms with Gasteiger partial charge >= 0.3 is 12.0 Å². The van der Waals surface area contributed by atoms with E-state index in [1.165, 1.54) is 0 Å². The normalized spacial score (nSPS) is 23.1. The maximum absolute atomic E-state index is 11.8. The van der Waals surface area contributed by atoms with Crippen molar-refractivity contribution < 1.29 is 14.7 Å². The van der Waals surface area contributed by atoms with E-state index in [4.69, 9.17) is 5.11 Å². The van der Waals surface area contributed by atoms with E-state index < -0.39 is 11.4 Å². The van der Waals surface area contributed by atoms with E-state index in [-0.39, 0.29) is 6.03 Å². The van der Waals surface area contributed by atoms with E-state index in [0.29, 0.717) is 26.1 Å². The Kier molecular flexibility index (Phi) is 5.78. The number of aliphatic carboxylic acids is 1. The summed E-state index contributed by atoms with van der Waals surface area (Å²) in [7, 11) is 0. The molecule has 0 radical (unpaired) electrons. The molecule has 104 valence electrons. The molecule has 1 unspecified atom stereocenters. The Hall–Kier alpha value is -0.910. The van der Waals surface area contributed by atoms with Gasteiger partial charge in [-0.15, -0.1) is 0 Å². The van der Waals surface area contributed by atoms with Gasteiger partial charge in [0.05, 0.1) is 5.41 Å². The first-order chi connectivity index (χ1) is 8.49. The lowest BCUT2D eigenvalue weighted by molar-refractivity contribution is -0.146. The van der Waals surface area contributed by atoms with E-state index >= 15 is 0 Å².